The van der Waals surface area contributed by atoms with Gasteiger partial charge in [-0.1, -0.05) is 19.4 Å². The van der Waals surface area contributed by atoms with Gasteiger partial charge in [-0.2, -0.15) is 0 Å². The highest BCUT2D eigenvalue weighted by molar-refractivity contribution is 5.45. The molecule has 0 bridgehead atoms. The van der Waals surface area contributed by atoms with E-state index in [4.69, 9.17) is 5.73 Å². The first-order valence-electron chi connectivity index (χ1n) is 5.14. The molecule has 0 saturated carbocycles. The lowest BCUT2D eigenvalue weighted by atomic mass is 10.2. The normalized spacial score (nSPS) is 10.2. The van der Waals surface area contributed by atoms with Crippen LogP contribution in [0.25, 0.3) is 0 Å². The van der Waals surface area contributed by atoms with Crippen molar-refractivity contribution in [3.05, 3.63) is 23.9 Å². The average molecular weight is 193 g/mol. The summed E-state index contributed by atoms with van der Waals surface area (Å²) in [6.45, 7) is 3.79. The lowest BCUT2D eigenvalue weighted by Gasteiger charge is -2.20. The molecule has 78 valence electrons. The predicted octanol–water partition coefficient (Wildman–Crippen LogP) is 1.78. The van der Waals surface area contributed by atoms with Gasteiger partial charge in [-0.05, 0) is 12.5 Å². The van der Waals surface area contributed by atoms with Crippen LogP contribution >= 0.6 is 0 Å². The Balaban J connectivity index is 2.72. The van der Waals surface area contributed by atoms with Crippen molar-refractivity contribution in [2.75, 3.05) is 18.5 Å². The molecule has 1 aromatic rings. The van der Waals surface area contributed by atoms with E-state index in [1.54, 1.807) is 0 Å². The molecule has 3 heteroatoms. The predicted molar refractivity (Wildman–Crippen MR) is 60.3 cm³/mol. The van der Waals surface area contributed by atoms with Crippen LogP contribution in [0.15, 0.2) is 18.3 Å². The van der Waals surface area contributed by atoms with Gasteiger partial charge in [0.25, 0.3) is 0 Å². The van der Waals surface area contributed by atoms with E-state index in [0.717, 1.165) is 17.9 Å². The minimum atomic E-state index is 0.555. The quantitative estimate of drug-likeness (QED) is 0.775. The topological polar surface area (TPSA) is 42.2 Å². The average Bonchev–Trinajstić information content (AvgIpc) is 2.25. The third-order valence-electron chi connectivity index (χ3n) is 2.30. The van der Waals surface area contributed by atoms with Crippen molar-refractivity contribution in [2.24, 2.45) is 5.73 Å². The number of hydrogen-bond donors (Lipinski definition) is 1. The molecule has 0 saturated heterocycles. The molecule has 1 rings (SSSR count). The Morgan fingerprint density at radius 3 is 2.93 bits per heavy atom. The zero-order valence-corrected chi connectivity index (χ0v) is 9.03. The summed E-state index contributed by atoms with van der Waals surface area (Å²) in [5.41, 5.74) is 6.77. The Morgan fingerprint density at radius 2 is 2.29 bits per heavy atom. The summed E-state index contributed by atoms with van der Waals surface area (Å²) in [5, 5.41) is 0. The van der Waals surface area contributed by atoms with Gasteiger partial charge < -0.3 is 10.6 Å². The molecule has 0 spiro atoms. The Bertz CT molecular complexity index is 273. The van der Waals surface area contributed by atoms with E-state index in [1.807, 2.05) is 18.3 Å². The number of nitrogens with two attached hydrogens (primary N) is 1. The number of aromatic nitrogens is 1. The smallest absolute Gasteiger partial charge is 0.132 e. The molecule has 0 aromatic carbocycles. The van der Waals surface area contributed by atoms with Crippen LogP contribution in [0.1, 0.15) is 25.3 Å². The fourth-order valence-corrected chi connectivity index (χ4v) is 1.43. The van der Waals surface area contributed by atoms with Crippen LogP contribution in [0.3, 0.4) is 0 Å². The molecule has 14 heavy (non-hydrogen) atoms. The summed E-state index contributed by atoms with van der Waals surface area (Å²) in [5.74, 6) is 1.02. The van der Waals surface area contributed by atoms with Gasteiger partial charge in [0.15, 0.2) is 0 Å². The standard InChI is InChI=1S/C11H19N3/c1-3-4-8-14(2)11-10(9-12)6-5-7-13-11/h5-7H,3-4,8-9,12H2,1-2H3. The van der Waals surface area contributed by atoms with Gasteiger partial charge in [-0.3, -0.25) is 0 Å². The van der Waals surface area contributed by atoms with E-state index in [2.05, 4.69) is 23.9 Å². The van der Waals surface area contributed by atoms with Crippen LogP contribution in [0.5, 0.6) is 0 Å². The summed E-state index contributed by atoms with van der Waals surface area (Å²) in [6.07, 6.45) is 4.21. The second-order valence-electron chi connectivity index (χ2n) is 3.47. The van der Waals surface area contributed by atoms with E-state index in [-0.39, 0.29) is 0 Å². The van der Waals surface area contributed by atoms with Crippen molar-refractivity contribution in [2.45, 2.75) is 26.3 Å². The summed E-state index contributed by atoms with van der Waals surface area (Å²) in [6, 6.07) is 3.96. The highest BCUT2D eigenvalue weighted by Crippen LogP contribution is 2.15. The zero-order valence-electron chi connectivity index (χ0n) is 9.03. The van der Waals surface area contributed by atoms with Crippen molar-refractivity contribution in [3.8, 4) is 0 Å². The van der Waals surface area contributed by atoms with Gasteiger partial charge >= 0.3 is 0 Å². The molecule has 0 fully saturated rings. The number of rotatable bonds is 5. The third-order valence-corrected chi connectivity index (χ3v) is 2.30. The van der Waals surface area contributed by atoms with Gasteiger partial charge in [0.05, 0.1) is 0 Å². The van der Waals surface area contributed by atoms with E-state index >= 15 is 0 Å². The number of anilines is 1. The highest BCUT2D eigenvalue weighted by atomic mass is 15.2. The zero-order chi connectivity index (χ0) is 10.4. The molecule has 1 aromatic heterocycles. The maximum Gasteiger partial charge on any atom is 0.132 e. The Hall–Kier alpha value is -1.09. The van der Waals surface area contributed by atoms with Crippen LogP contribution < -0.4 is 10.6 Å². The molecule has 0 atom stereocenters. The number of nitrogens with zero attached hydrogens (tertiary/aromatic N) is 2. The largest absolute Gasteiger partial charge is 0.359 e. The van der Waals surface area contributed by atoms with Crippen LogP contribution in [-0.2, 0) is 6.54 Å². The molecular formula is C11H19N3. The molecule has 0 aliphatic carbocycles. The monoisotopic (exact) mass is 193 g/mol. The number of pyridine rings is 1. The number of unbranched alkanes of at least 4 members (excludes halogenated alkanes) is 1. The molecule has 2 N–H and O–H groups in total. The fourth-order valence-electron chi connectivity index (χ4n) is 1.43. The number of hydrogen-bond acceptors (Lipinski definition) is 3. The Morgan fingerprint density at radius 1 is 1.50 bits per heavy atom. The first-order chi connectivity index (χ1) is 6.79. The van der Waals surface area contributed by atoms with Crippen LogP contribution in [0.2, 0.25) is 0 Å². The van der Waals surface area contributed by atoms with Gasteiger partial charge in [-0.15, -0.1) is 0 Å². The SMILES string of the molecule is CCCCN(C)c1ncccc1CN. The molecule has 3 nitrogen and oxygen atoms in total. The summed E-state index contributed by atoms with van der Waals surface area (Å²) >= 11 is 0. The third kappa shape index (κ3) is 2.70. The second kappa shape index (κ2) is 5.60. The summed E-state index contributed by atoms with van der Waals surface area (Å²) in [7, 11) is 2.07. The lowest BCUT2D eigenvalue weighted by molar-refractivity contribution is 0.755. The van der Waals surface area contributed by atoms with E-state index < -0.39 is 0 Å². The fraction of sp³-hybridized carbons (Fsp3) is 0.545. The second-order valence-corrected chi connectivity index (χ2v) is 3.47. The molecular weight excluding hydrogens is 174 g/mol. The van der Waals surface area contributed by atoms with Gasteiger partial charge in [0.2, 0.25) is 0 Å². The molecule has 0 aliphatic heterocycles. The Kier molecular flexibility index (Phi) is 4.40. The van der Waals surface area contributed by atoms with E-state index in [1.165, 1.54) is 12.8 Å². The Labute approximate surface area is 85.9 Å². The highest BCUT2D eigenvalue weighted by Gasteiger charge is 2.05. The van der Waals surface area contributed by atoms with Crippen LogP contribution in [0.4, 0.5) is 5.82 Å². The van der Waals surface area contributed by atoms with Crippen molar-refractivity contribution in [1.82, 2.24) is 4.98 Å². The van der Waals surface area contributed by atoms with Gasteiger partial charge in [0, 0.05) is 31.9 Å². The van der Waals surface area contributed by atoms with Gasteiger partial charge in [0.1, 0.15) is 5.82 Å². The van der Waals surface area contributed by atoms with Crippen molar-refractivity contribution in [3.63, 3.8) is 0 Å². The molecule has 1 heterocycles. The molecule has 0 radical (unpaired) electrons. The van der Waals surface area contributed by atoms with Crippen molar-refractivity contribution in [1.29, 1.82) is 0 Å². The van der Waals surface area contributed by atoms with Crippen molar-refractivity contribution >= 4 is 5.82 Å². The minimum absolute atomic E-state index is 0.555. The first-order valence-corrected chi connectivity index (χ1v) is 5.14. The van der Waals surface area contributed by atoms with Gasteiger partial charge in [-0.25, -0.2) is 4.98 Å². The maximum absolute atomic E-state index is 5.65. The van der Waals surface area contributed by atoms with E-state index in [9.17, 15) is 0 Å². The van der Waals surface area contributed by atoms with Crippen LogP contribution in [-0.4, -0.2) is 18.6 Å². The van der Waals surface area contributed by atoms with Crippen LogP contribution in [0, 0.1) is 0 Å². The van der Waals surface area contributed by atoms with E-state index in [0.29, 0.717) is 6.54 Å². The molecule has 0 amide bonds. The summed E-state index contributed by atoms with van der Waals surface area (Å²) in [4.78, 5) is 6.52. The summed E-state index contributed by atoms with van der Waals surface area (Å²) < 4.78 is 0. The first kappa shape index (κ1) is 11.0. The van der Waals surface area contributed by atoms with Crippen molar-refractivity contribution < 1.29 is 0 Å². The molecule has 0 aliphatic rings. The molecule has 0 unspecified atom stereocenters. The lowest BCUT2D eigenvalue weighted by Crippen LogP contribution is -2.21. The maximum atomic E-state index is 5.65. The minimum Gasteiger partial charge on any atom is -0.359 e.